The number of fused-ring (bicyclic) bond motifs is 5. The Balaban J connectivity index is 1.77. The summed E-state index contributed by atoms with van der Waals surface area (Å²) in [5, 5.41) is 0. The van der Waals surface area contributed by atoms with Crippen molar-refractivity contribution in [1.29, 1.82) is 0 Å². The van der Waals surface area contributed by atoms with Crippen molar-refractivity contribution in [1.82, 2.24) is 0 Å². The first-order chi connectivity index (χ1) is 12.7. The van der Waals surface area contributed by atoms with E-state index in [1.807, 2.05) is 6.08 Å². The molecule has 0 amide bonds. The maximum Gasteiger partial charge on any atom is 0.302 e. The van der Waals surface area contributed by atoms with Crippen LogP contribution in [0.2, 0.25) is 0 Å². The fourth-order valence-corrected chi connectivity index (χ4v) is 7.64. The number of hydrogen-bond donors (Lipinski definition) is 0. The molecule has 27 heavy (non-hydrogen) atoms. The van der Waals surface area contributed by atoms with Crippen molar-refractivity contribution in [2.24, 2.45) is 34.5 Å². The quantitative estimate of drug-likeness (QED) is 0.679. The van der Waals surface area contributed by atoms with E-state index in [0.29, 0.717) is 18.3 Å². The third-order valence-corrected chi connectivity index (χ3v) is 8.68. The van der Waals surface area contributed by atoms with Crippen molar-refractivity contribution in [2.45, 2.75) is 78.7 Å². The zero-order valence-corrected chi connectivity index (χ0v) is 17.0. The van der Waals surface area contributed by atoms with Crippen LogP contribution in [0.1, 0.15) is 72.6 Å². The van der Waals surface area contributed by atoms with Gasteiger partial charge in [-0.2, -0.15) is 0 Å². The molecule has 0 unspecified atom stereocenters. The monoisotopic (exact) mass is 372 g/mol. The lowest BCUT2D eigenvalue weighted by Crippen LogP contribution is -2.57. The molecule has 4 heteroatoms. The second-order valence-corrected chi connectivity index (χ2v) is 9.99. The van der Waals surface area contributed by atoms with Crippen LogP contribution in [-0.2, 0) is 19.1 Å². The molecule has 0 N–H and O–H groups in total. The van der Waals surface area contributed by atoms with E-state index in [-0.39, 0.29) is 46.3 Å². The zero-order valence-electron chi connectivity index (χ0n) is 17.0. The number of hydrogen-bond acceptors (Lipinski definition) is 4. The highest BCUT2D eigenvalue weighted by atomic mass is 16.5. The van der Waals surface area contributed by atoms with Crippen LogP contribution in [0.15, 0.2) is 11.6 Å². The first kappa shape index (κ1) is 18.9. The molecule has 4 aliphatic rings. The molecule has 0 aromatic carbocycles. The van der Waals surface area contributed by atoms with Gasteiger partial charge in [0.2, 0.25) is 0 Å². The minimum Gasteiger partial charge on any atom is -0.462 e. The van der Waals surface area contributed by atoms with E-state index in [0.717, 1.165) is 38.5 Å². The van der Waals surface area contributed by atoms with Crippen molar-refractivity contribution >= 4 is 17.5 Å². The van der Waals surface area contributed by atoms with E-state index in [2.05, 4.69) is 13.8 Å². The van der Waals surface area contributed by atoms with E-state index in [9.17, 15) is 14.4 Å². The highest BCUT2D eigenvalue weighted by Gasteiger charge is 2.63. The summed E-state index contributed by atoms with van der Waals surface area (Å²) >= 11 is 0. The summed E-state index contributed by atoms with van der Waals surface area (Å²) in [6.07, 6.45) is 8.02. The van der Waals surface area contributed by atoms with Crippen LogP contribution in [0.4, 0.5) is 0 Å². The van der Waals surface area contributed by atoms with Crippen LogP contribution in [0.25, 0.3) is 0 Å². The second kappa shape index (κ2) is 6.28. The lowest BCUT2D eigenvalue weighted by atomic mass is 9.46. The van der Waals surface area contributed by atoms with Crippen LogP contribution in [0.5, 0.6) is 0 Å². The summed E-state index contributed by atoms with van der Waals surface area (Å²) < 4.78 is 5.94. The van der Waals surface area contributed by atoms with Crippen molar-refractivity contribution in [3.8, 4) is 0 Å². The van der Waals surface area contributed by atoms with Gasteiger partial charge in [0, 0.05) is 25.2 Å². The van der Waals surface area contributed by atoms with E-state index in [4.69, 9.17) is 4.74 Å². The molecule has 0 aromatic heterocycles. The molecular weight excluding hydrogens is 340 g/mol. The lowest BCUT2D eigenvalue weighted by Gasteiger charge is -2.60. The normalized spacial score (nSPS) is 46.0. The smallest absolute Gasteiger partial charge is 0.302 e. The fourth-order valence-electron chi connectivity index (χ4n) is 7.64. The van der Waals surface area contributed by atoms with Crippen molar-refractivity contribution in [2.75, 3.05) is 0 Å². The minimum atomic E-state index is -0.232. The average molecular weight is 373 g/mol. The Morgan fingerprint density at radius 3 is 2.52 bits per heavy atom. The van der Waals surface area contributed by atoms with Gasteiger partial charge < -0.3 is 4.74 Å². The van der Waals surface area contributed by atoms with Gasteiger partial charge in [-0.1, -0.05) is 19.4 Å². The number of carbonyl (C=O) groups excluding carboxylic acids is 3. The molecule has 0 aromatic rings. The van der Waals surface area contributed by atoms with Gasteiger partial charge in [-0.3, -0.25) is 14.4 Å². The Hall–Kier alpha value is -1.45. The van der Waals surface area contributed by atoms with Gasteiger partial charge in [-0.15, -0.1) is 0 Å². The molecule has 4 nitrogen and oxygen atoms in total. The third kappa shape index (κ3) is 2.74. The molecule has 4 aliphatic carbocycles. The topological polar surface area (TPSA) is 60.4 Å². The van der Waals surface area contributed by atoms with Crippen LogP contribution >= 0.6 is 0 Å². The van der Waals surface area contributed by atoms with Crippen molar-refractivity contribution in [3.05, 3.63) is 11.6 Å². The van der Waals surface area contributed by atoms with Crippen LogP contribution < -0.4 is 0 Å². The first-order valence-electron chi connectivity index (χ1n) is 10.6. The maximum atomic E-state index is 12.4. The van der Waals surface area contributed by atoms with Gasteiger partial charge in [0.05, 0.1) is 0 Å². The SMILES string of the molecule is CC(=O)O[C@@H]1C[C@@]2(C)[C@H](CC[C@H]2C(C)=O)[C@@H]2CCC3=CC(=O)CC[C@]3(C)[C@@H]21. The van der Waals surface area contributed by atoms with Crippen molar-refractivity contribution < 1.29 is 19.1 Å². The summed E-state index contributed by atoms with van der Waals surface area (Å²) in [5.74, 6) is 1.61. The molecule has 0 spiro atoms. The summed E-state index contributed by atoms with van der Waals surface area (Å²) in [6, 6.07) is 0. The maximum absolute atomic E-state index is 12.4. The molecular formula is C23H32O4. The molecule has 3 saturated carbocycles. The number of rotatable bonds is 2. The Bertz CT molecular complexity index is 722. The standard InChI is InChI=1S/C23H32O4/c1-13(24)18-7-8-19-17-6-5-15-11-16(26)9-10-22(15,3)21(17)20(27-14(2)25)12-23(18,19)4/h11,17-21H,5-10,12H2,1-4H3/t17-,18-,19+,20+,21-,22-,23+/m0/s1. The van der Waals surface area contributed by atoms with E-state index < -0.39 is 0 Å². The lowest BCUT2D eigenvalue weighted by molar-refractivity contribution is -0.176. The van der Waals surface area contributed by atoms with Gasteiger partial charge >= 0.3 is 5.97 Å². The number of allylic oxidation sites excluding steroid dienone is 1. The molecule has 0 saturated heterocycles. The summed E-state index contributed by atoms with van der Waals surface area (Å²) in [4.78, 5) is 36.4. The van der Waals surface area contributed by atoms with Crippen LogP contribution in [-0.4, -0.2) is 23.6 Å². The Kier molecular flexibility index (Phi) is 4.40. The molecule has 0 radical (unpaired) electrons. The summed E-state index contributed by atoms with van der Waals surface area (Å²) in [6.45, 7) is 7.77. The van der Waals surface area contributed by atoms with Crippen LogP contribution in [0, 0.1) is 34.5 Å². The van der Waals surface area contributed by atoms with Gasteiger partial charge in [0.1, 0.15) is 11.9 Å². The Morgan fingerprint density at radius 1 is 1.11 bits per heavy atom. The molecule has 0 bridgehead atoms. The van der Waals surface area contributed by atoms with Crippen molar-refractivity contribution in [3.63, 3.8) is 0 Å². The third-order valence-electron chi connectivity index (χ3n) is 8.68. The molecule has 0 aliphatic heterocycles. The van der Waals surface area contributed by atoms with E-state index in [1.165, 1.54) is 12.5 Å². The molecule has 148 valence electrons. The Morgan fingerprint density at radius 2 is 1.85 bits per heavy atom. The minimum absolute atomic E-state index is 0.0629. The average Bonchev–Trinajstić information content (AvgIpc) is 2.91. The van der Waals surface area contributed by atoms with E-state index in [1.54, 1.807) is 6.92 Å². The zero-order chi connectivity index (χ0) is 19.6. The van der Waals surface area contributed by atoms with E-state index >= 15 is 0 Å². The molecule has 7 atom stereocenters. The number of carbonyl (C=O) groups is 3. The number of ketones is 2. The largest absolute Gasteiger partial charge is 0.462 e. The second-order valence-electron chi connectivity index (χ2n) is 9.99. The molecule has 4 rings (SSSR count). The predicted molar refractivity (Wildman–Crippen MR) is 102 cm³/mol. The fraction of sp³-hybridized carbons (Fsp3) is 0.783. The molecule has 3 fully saturated rings. The number of ether oxygens (including phenoxy) is 1. The Labute approximate surface area is 162 Å². The highest BCUT2D eigenvalue weighted by molar-refractivity contribution is 5.91. The highest BCUT2D eigenvalue weighted by Crippen LogP contribution is 2.67. The van der Waals surface area contributed by atoms with Gasteiger partial charge in [0.15, 0.2) is 5.78 Å². The first-order valence-corrected chi connectivity index (χ1v) is 10.6. The summed E-state index contributed by atoms with van der Waals surface area (Å²) in [7, 11) is 0. The summed E-state index contributed by atoms with van der Waals surface area (Å²) in [5.41, 5.74) is 1.13. The van der Waals surface area contributed by atoms with Gasteiger partial charge in [-0.05, 0) is 74.2 Å². The predicted octanol–water partition coefficient (Wildman–Crippen LogP) is 4.27. The van der Waals surface area contributed by atoms with Crippen LogP contribution in [0.3, 0.4) is 0 Å². The van der Waals surface area contributed by atoms with Gasteiger partial charge in [0.25, 0.3) is 0 Å². The number of Topliss-reactive ketones (excluding diaryl/α,β-unsaturated/α-hetero) is 1. The van der Waals surface area contributed by atoms with Gasteiger partial charge in [-0.25, -0.2) is 0 Å². The molecule has 0 heterocycles. The number of esters is 1.